The van der Waals surface area contributed by atoms with Crippen LogP contribution in [0.15, 0.2) is 23.3 Å². The summed E-state index contributed by atoms with van der Waals surface area (Å²) in [4.78, 5) is 32.8. The molecular weight excluding hydrogens is 290 g/mol. The molecule has 1 aliphatic rings. The number of allylic oxidation sites excluding steroid dienone is 2. The van der Waals surface area contributed by atoms with Crippen molar-refractivity contribution in [3.8, 4) is 0 Å². The summed E-state index contributed by atoms with van der Waals surface area (Å²) in [6.45, 7) is 3.71. The summed E-state index contributed by atoms with van der Waals surface area (Å²) in [6.07, 6.45) is 3.58. The number of carbonyl (C=O) groups is 3. The molecule has 0 bridgehead atoms. The summed E-state index contributed by atoms with van der Waals surface area (Å²) in [6, 6.07) is -0.874. The molecule has 0 spiro atoms. The van der Waals surface area contributed by atoms with E-state index in [4.69, 9.17) is 15.3 Å². The van der Waals surface area contributed by atoms with Crippen molar-refractivity contribution in [2.24, 2.45) is 11.8 Å². The fourth-order valence-corrected chi connectivity index (χ4v) is 2.68. The van der Waals surface area contributed by atoms with Crippen LogP contribution in [-0.4, -0.2) is 45.8 Å². The quantitative estimate of drug-likeness (QED) is 0.410. The first-order valence-corrected chi connectivity index (χ1v) is 6.98. The van der Waals surface area contributed by atoms with Gasteiger partial charge in [-0.05, 0) is 26.2 Å². The summed E-state index contributed by atoms with van der Waals surface area (Å²) in [5.74, 6) is -3.77. The Labute approximate surface area is 128 Å². The summed E-state index contributed by atoms with van der Waals surface area (Å²) < 4.78 is 0. The van der Waals surface area contributed by atoms with Crippen molar-refractivity contribution in [3.63, 3.8) is 0 Å². The van der Waals surface area contributed by atoms with Crippen LogP contribution in [0.3, 0.4) is 0 Å². The minimum absolute atomic E-state index is 0.185. The van der Waals surface area contributed by atoms with E-state index in [2.05, 4.69) is 5.32 Å². The topological polar surface area (TPSA) is 124 Å². The van der Waals surface area contributed by atoms with E-state index >= 15 is 0 Å². The molecule has 1 saturated heterocycles. The fraction of sp³-hybridized carbons (Fsp3) is 0.533. The number of rotatable bonds is 7. The molecule has 0 aliphatic carbocycles. The normalized spacial score (nSPS) is 26.0. The lowest BCUT2D eigenvalue weighted by Crippen LogP contribution is -2.36. The van der Waals surface area contributed by atoms with Crippen molar-refractivity contribution in [2.45, 2.75) is 32.7 Å². The second-order valence-corrected chi connectivity index (χ2v) is 5.47. The first kappa shape index (κ1) is 17.9. The van der Waals surface area contributed by atoms with Crippen molar-refractivity contribution >= 4 is 17.9 Å². The summed E-state index contributed by atoms with van der Waals surface area (Å²) in [5, 5.41) is 29.7. The Bertz CT molecular complexity index is 522. The van der Waals surface area contributed by atoms with E-state index in [0.29, 0.717) is 13.0 Å². The molecule has 22 heavy (non-hydrogen) atoms. The zero-order valence-corrected chi connectivity index (χ0v) is 12.6. The summed E-state index contributed by atoms with van der Waals surface area (Å²) >= 11 is 0. The van der Waals surface area contributed by atoms with Gasteiger partial charge in [0, 0.05) is 18.0 Å². The molecule has 0 saturated carbocycles. The molecule has 3 atom stereocenters. The predicted molar refractivity (Wildman–Crippen MR) is 78.4 cm³/mol. The highest BCUT2D eigenvalue weighted by Crippen LogP contribution is 2.31. The van der Waals surface area contributed by atoms with Crippen molar-refractivity contribution in [2.75, 3.05) is 6.54 Å². The van der Waals surface area contributed by atoms with E-state index in [1.807, 2.05) is 13.0 Å². The molecule has 122 valence electrons. The molecule has 0 aromatic carbocycles. The molecule has 1 rings (SSSR count). The molecule has 4 N–H and O–H groups in total. The molecule has 1 aliphatic heterocycles. The zero-order valence-electron chi connectivity index (χ0n) is 12.6. The largest absolute Gasteiger partial charge is 0.481 e. The van der Waals surface area contributed by atoms with Gasteiger partial charge in [0.2, 0.25) is 0 Å². The van der Waals surface area contributed by atoms with E-state index < -0.39 is 29.9 Å². The Kier molecular flexibility index (Phi) is 6.30. The standard InChI is InChI=1S/C15H21NO6/c1-8(4-3-5-9(2)14(19)20)11-7-16-13(15(21)22)10(11)6-12(17)18/h4-5,10-11,13,16H,3,6-7H2,1-2H3,(H,17,18)(H,19,20)(H,21,22)/b8-4-,9-5+/t10-,11-,13-/m1/s1. The maximum atomic E-state index is 11.2. The minimum atomic E-state index is -1.05. The van der Waals surface area contributed by atoms with Gasteiger partial charge in [-0.15, -0.1) is 0 Å². The lowest BCUT2D eigenvalue weighted by atomic mass is 9.83. The van der Waals surface area contributed by atoms with E-state index in [9.17, 15) is 14.4 Å². The molecule has 0 aromatic heterocycles. The highest BCUT2D eigenvalue weighted by atomic mass is 16.4. The third kappa shape index (κ3) is 4.70. The Hall–Kier alpha value is -2.15. The van der Waals surface area contributed by atoms with Crippen molar-refractivity contribution in [1.29, 1.82) is 0 Å². The predicted octanol–water partition coefficient (Wildman–Crippen LogP) is 1.12. The monoisotopic (exact) mass is 311 g/mol. The van der Waals surface area contributed by atoms with Crippen LogP contribution in [0.5, 0.6) is 0 Å². The van der Waals surface area contributed by atoms with Gasteiger partial charge < -0.3 is 20.6 Å². The average molecular weight is 311 g/mol. The molecule has 0 amide bonds. The number of hydrogen-bond acceptors (Lipinski definition) is 4. The van der Waals surface area contributed by atoms with Crippen molar-refractivity contribution in [3.05, 3.63) is 23.3 Å². The van der Waals surface area contributed by atoms with Gasteiger partial charge in [0.1, 0.15) is 6.04 Å². The van der Waals surface area contributed by atoms with Crippen LogP contribution in [0.2, 0.25) is 0 Å². The molecule has 0 unspecified atom stereocenters. The number of carboxylic acids is 3. The number of carboxylic acid groups (broad SMARTS) is 3. The van der Waals surface area contributed by atoms with Gasteiger partial charge in [0.15, 0.2) is 0 Å². The molecular formula is C15H21NO6. The van der Waals surface area contributed by atoms with Crippen LogP contribution >= 0.6 is 0 Å². The van der Waals surface area contributed by atoms with Crippen LogP contribution in [-0.2, 0) is 14.4 Å². The van der Waals surface area contributed by atoms with Gasteiger partial charge >= 0.3 is 17.9 Å². The van der Waals surface area contributed by atoms with Gasteiger partial charge in [0.05, 0.1) is 6.42 Å². The molecule has 0 radical (unpaired) electrons. The average Bonchev–Trinajstić information content (AvgIpc) is 2.81. The third-order valence-electron chi connectivity index (χ3n) is 3.97. The highest BCUT2D eigenvalue weighted by molar-refractivity contribution is 5.85. The lowest BCUT2D eigenvalue weighted by Gasteiger charge is -2.20. The fourth-order valence-electron chi connectivity index (χ4n) is 2.68. The molecule has 1 fully saturated rings. The SMILES string of the molecule is C/C(=C/C/C=C(\C)C(=O)O)[C@H]1CN[C@@H](C(=O)O)[C@@H]1CC(=O)O. The Morgan fingerprint density at radius 3 is 2.27 bits per heavy atom. The summed E-state index contributed by atoms with van der Waals surface area (Å²) in [5.41, 5.74) is 1.11. The van der Waals surface area contributed by atoms with Gasteiger partial charge in [-0.1, -0.05) is 17.7 Å². The number of hydrogen-bond donors (Lipinski definition) is 4. The van der Waals surface area contributed by atoms with Gasteiger partial charge in [0.25, 0.3) is 0 Å². The van der Waals surface area contributed by atoms with Gasteiger partial charge in [-0.2, -0.15) is 0 Å². The number of aliphatic carboxylic acids is 3. The molecule has 7 heteroatoms. The minimum Gasteiger partial charge on any atom is -0.481 e. The Morgan fingerprint density at radius 2 is 1.77 bits per heavy atom. The maximum Gasteiger partial charge on any atom is 0.330 e. The van der Waals surface area contributed by atoms with Crippen molar-refractivity contribution < 1.29 is 29.7 Å². The van der Waals surface area contributed by atoms with Crippen LogP contribution in [0.1, 0.15) is 26.7 Å². The van der Waals surface area contributed by atoms with Crippen LogP contribution in [0.4, 0.5) is 0 Å². The maximum absolute atomic E-state index is 11.2. The molecule has 1 heterocycles. The van der Waals surface area contributed by atoms with Crippen LogP contribution in [0.25, 0.3) is 0 Å². The zero-order chi connectivity index (χ0) is 16.9. The smallest absolute Gasteiger partial charge is 0.330 e. The number of nitrogens with one attached hydrogen (secondary N) is 1. The summed E-state index contributed by atoms with van der Waals surface area (Å²) in [7, 11) is 0. The van der Waals surface area contributed by atoms with Crippen LogP contribution < -0.4 is 5.32 Å². The second kappa shape index (κ2) is 7.74. The highest BCUT2D eigenvalue weighted by Gasteiger charge is 2.41. The first-order chi connectivity index (χ1) is 10.2. The van der Waals surface area contributed by atoms with Gasteiger partial charge in [-0.25, -0.2) is 4.79 Å². The van der Waals surface area contributed by atoms with E-state index in [-0.39, 0.29) is 17.9 Å². The van der Waals surface area contributed by atoms with Crippen molar-refractivity contribution in [1.82, 2.24) is 5.32 Å². The first-order valence-electron chi connectivity index (χ1n) is 6.98. The second-order valence-electron chi connectivity index (χ2n) is 5.47. The molecule has 7 nitrogen and oxygen atoms in total. The Morgan fingerprint density at radius 1 is 1.14 bits per heavy atom. The third-order valence-corrected chi connectivity index (χ3v) is 3.97. The Balaban J connectivity index is 2.83. The molecule has 0 aromatic rings. The van der Waals surface area contributed by atoms with E-state index in [0.717, 1.165) is 5.57 Å². The lowest BCUT2D eigenvalue weighted by molar-refractivity contribution is -0.142. The van der Waals surface area contributed by atoms with Crippen LogP contribution in [0, 0.1) is 11.8 Å². The van der Waals surface area contributed by atoms with E-state index in [1.54, 1.807) is 6.08 Å². The van der Waals surface area contributed by atoms with Gasteiger partial charge in [-0.3, -0.25) is 9.59 Å². The van der Waals surface area contributed by atoms with E-state index in [1.165, 1.54) is 6.92 Å².